The molecule has 0 radical (unpaired) electrons. The van der Waals surface area contributed by atoms with E-state index in [9.17, 15) is 13.6 Å². The minimum absolute atomic E-state index is 0.140. The summed E-state index contributed by atoms with van der Waals surface area (Å²) in [7, 11) is 4.04. The Labute approximate surface area is 186 Å². The highest BCUT2D eigenvalue weighted by molar-refractivity contribution is 7.99. The lowest BCUT2D eigenvalue weighted by atomic mass is 10.1. The van der Waals surface area contributed by atoms with Crippen LogP contribution in [0.3, 0.4) is 0 Å². The number of nitrogens with zero attached hydrogens (tertiary/aromatic N) is 5. The Morgan fingerprint density at radius 2 is 2.00 bits per heavy atom. The highest BCUT2D eigenvalue weighted by Gasteiger charge is 2.39. The Bertz CT molecular complexity index is 923. The van der Waals surface area contributed by atoms with Gasteiger partial charge in [0.25, 0.3) is 0 Å². The van der Waals surface area contributed by atoms with E-state index in [1.54, 1.807) is 24.0 Å². The maximum atomic E-state index is 13.8. The lowest BCUT2D eigenvalue weighted by Gasteiger charge is -2.29. The van der Waals surface area contributed by atoms with Gasteiger partial charge in [-0.1, -0.05) is 17.8 Å². The Hall–Kier alpha value is -1.97. The van der Waals surface area contributed by atoms with E-state index in [1.165, 1.54) is 6.07 Å². The predicted molar refractivity (Wildman–Crippen MR) is 117 cm³/mol. The number of benzene rings is 1. The maximum Gasteiger partial charge on any atom is 0.240 e. The quantitative estimate of drug-likeness (QED) is 0.702. The number of rotatable bonds is 5. The molecule has 31 heavy (non-hydrogen) atoms. The van der Waals surface area contributed by atoms with Crippen molar-refractivity contribution in [3.05, 3.63) is 47.8 Å². The molecule has 0 saturated carbocycles. The first-order chi connectivity index (χ1) is 14.9. The molecule has 2 aliphatic rings. The van der Waals surface area contributed by atoms with E-state index in [2.05, 4.69) is 21.8 Å². The molecular formula is C22H29F2N5OS. The molecule has 2 saturated heterocycles. The van der Waals surface area contributed by atoms with Crippen LogP contribution in [0.4, 0.5) is 8.78 Å². The molecule has 2 atom stereocenters. The Balaban J connectivity index is 1.52. The first-order valence-electron chi connectivity index (χ1n) is 10.7. The van der Waals surface area contributed by atoms with Gasteiger partial charge in [-0.3, -0.25) is 9.69 Å². The summed E-state index contributed by atoms with van der Waals surface area (Å²) in [6.07, 6.45) is 5.36. The number of halogens is 2. The third-order valence-corrected chi connectivity index (χ3v) is 7.38. The minimum Gasteiger partial charge on any atom is -0.340 e. The molecule has 6 nitrogen and oxygen atoms in total. The molecule has 2 aliphatic heterocycles. The fraction of sp³-hybridized carbons (Fsp3) is 0.545. The van der Waals surface area contributed by atoms with Gasteiger partial charge < -0.3 is 14.4 Å². The first-order valence-corrected chi connectivity index (χ1v) is 11.6. The van der Waals surface area contributed by atoms with Crippen molar-refractivity contribution >= 4 is 17.7 Å². The van der Waals surface area contributed by atoms with Gasteiger partial charge in [0.2, 0.25) is 5.91 Å². The summed E-state index contributed by atoms with van der Waals surface area (Å²) in [4.78, 5) is 24.2. The number of thioether (sulfide) groups is 1. The van der Waals surface area contributed by atoms with Crippen LogP contribution in [0.5, 0.6) is 0 Å². The summed E-state index contributed by atoms with van der Waals surface area (Å²) in [5.74, 6) is -1.57. The summed E-state index contributed by atoms with van der Waals surface area (Å²) in [5.41, 5.74) is 0.676. The number of likely N-dealkylation sites (tertiary alicyclic amines) is 1. The summed E-state index contributed by atoms with van der Waals surface area (Å²) >= 11 is 1.67. The van der Waals surface area contributed by atoms with E-state index in [4.69, 9.17) is 0 Å². The third-order valence-electron chi connectivity index (χ3n) is 6.10. The smallest absolute Gasteiger partial charge is 0.240 e. The SMILES string of the molecule is CN1CCCN(C(=O)[C@@H]2C[C@@H](Sc3nccn3C)CN2Cc2ccc(F)c(F)c2)CC1. The number of likely N-dealkylation sites (N-methyl/N-ethyl adjacent to an activating group) is 1. The average molecular weight is 450 g/mol. The lowest BCUT2D eigenvalue weighted by Crippen LogP contribution is -2.46. The Kier molecular flexibility index (Phi) is 6.93. The second kappa shape index (κ2) is 9.67. The van der Waals surface area contributed by atoms with Crippen LogP contribution in [-0.2, 0) is 18.4 Å². The van der Waals surface area contributed by atoms with E-state index in [0.717, 1.165) is 43.8 Å². The fourth-order valence-corrected chi connectivity index (χ4v) is 5.53. The standard InChI is InChI=1S/C22H29F2N5OS/c1-26-7-3-8-28(11-10-26)21(30)20-13-17(31-22-25-6-9-27(22)2)15-29(20)14-16-4-5-18(23)19(24)12-16/h4-6,9,12,17,20H,3,7-8,10-11,13-15H2,1-2H3/t17-,20+/m1/s1. The van der Waals surface area contributed by atoms with Gasteiger partial charge in [-0.2, -0.15) is 0 Å². The molecule has 4 rings (SSSR count). The van der Waals surface area contributed by atoms with Crippen LogP contribution in [0.25, 0.3) is 0 Å². The van der Waals surface area contributed by atoms with Gasteiger partial charge in [-0.15, -0.1) is 0 Å². The van der Waals surface area contributed by atoms with E-state index in [-0.39, 0.29) is 17.2 Å². The molecule has 0 spiro atoms. The van der Waals surface area contributed by atoms with E-state index < -0.39 is 11.6 Å². The summed E-state index contributed by atoms with van der Waals surface area (Å²) in [6.45, 7) is 4.45. The molecule has 9 heteroatoms. The van der Waals surface area contributed by atoms with E-state index in [0.29, 0.717) is 25.1 Å². The molecule has 1 aromatic carbocycles. The zero-order valence-corrected chi connectivity index (χ0v) is 18.8. The number of aryl methyl sites for hydroxylation is 1. The molecule has 1 amide bonds. The number of amides is 1. The van der Waals surface area contributed by atoms with Crippen LogP contribution in [-0.4, -0.2) is 81.2 Å². The van der Waals surface area contributed by atoms with Gasteiger partial charge in [0.05, 0.1) is 6.04 Å². The zero-order chi connectivity index (χ0) is 22.0. The summed E-state index contributed by atoms with van der Waals surface area (Å²) in [5, 5.41) is 1.12. The van der Waals surface area contributed by atoms with Crippen LogP contribution >= 0.6 is 11.8 Å². The van der Waals surface area contributed by atoms with Gasteiger partial charge in [-0.25, -0.2) is 13.8 Å². The second-order valence-corrected chi connectivity index (χ2v) is 9.74. The van der Waals surface area contributed by atoms with Gasteiger partial charge in [0, 0.05) is 57.4 Å². The van der Waals surface area contributed by atoms with Crippen molar-refractivity contribution in [2.75, 3.05) is 39.8 Å². The predicted octanol–water partition coefficient (Wildman–Crippen LogP) is 2.60. The van der Waals surface area contributed by atoms with Crippen molar-refractivity contribution in [3.8, 4) is 0 Å². The van der Waals surface area contributed by atoms with Crippen molar-refractivity contribution in [3.63, 3.8) is 0 Å². The lowest BCUT2D eigenvalue weighted by molar-refractivity contribution is -0.136. The van der Waals surface area contributed by atoms with Crippen LogP contribution in [0.15, 0.2) is 35.7 Å². The van der Waals surface area contributed by atoms with Crippen LogP contribution < -0.4 is 0 Å². The van der Waals surface area contributed by atoms with Gasteiger partial charge in [0.15, 0.2) is 16.8 Å². The monoisotopic (exact) mass is 449 g/mol. The number of hydrogen-bond acceptors (Lipinski definition) is 5. The number of aromatic nitrogens is 2. The van der Waals surface area contributed by atoms with Crippen molar-refractivity contribution in [1.29, 1.82) is 0 Å². The van der Waals surface area contributed by atoms with E-state index >= 15 is 0 Å². The number of carbonyl (C=O) groups excluding carboxylic acids is 1. The van der Waals surface area contributed by atoms with E-state index in [1.807, 2.05) is 22.7 Å². The molecule has 0 N–H and O–H groups in total. The third kappa shape index (κ3) is 5.27. The Morgan fingerprint density at radius 1 is 1.16 bits per heavy atom. The molecular weight excluding hydrogens is 420 g/mol. The Morgan fingerprint density at radius 3 is 2.74 bits per heavy atom. The molecule has 0 aliphatic carbocycles. The van der Waals surface area contributed by atoms with Crippen LogP contribution in [0.2, 0.25) is 0 Å². The highest BCUT2D eigenvalue weighted by atomic mass is 32.2. The molecule has 2 aromatic rings. The molecule has 3 heterocycles. The molecule has 168 valence electrons. The largest absolute Gasteiger partial charge is 0.340 e. The van der Waals surface area contributed by atoms with Crippen LogP contribution in [0, 0.1) is 11.6 Å². The van der Waals surface area contributed by atoms with Crippen molar-refractivity contribution < 1.29 is 13.6 Å². The maximum absolute atomic E-state index is 13.8. The molecule has 0 unspecified atom stereocenters. The normalized spacial score (nSPS) is 23.3. The number of hydrogen-bond donors (Lipinski definition) is 0. The minimum atomic E-state index is -0.853. The van der Waals surface area contributed by atoms with Gasteiger partial charge >= 0.3 is 0 Å². The molecule has 2 fully saturated rings. The topological polar surface area (TPSA) is 44.6 Å². The second-order valence-electron chi connectivity index (χ2n) is 8.47. The van der Waals surface area contributed by atoms with Crippen LogP contribution in [0.1, 0.15) is 18.4 Å². The zero-order valence-electron chi connectivity index (χ0n) is 18.0. The first kappa shape index (κ1) is 22.2. The summed E-state index contributed by atoms with van der Waals surface area (Å²) < 4.78 is 29.1. The van der Waals surface area contributed by atoms with Gasteiger partial charge in [0.1, 0.15) is 0 Å². The summed E-state index contributed by atoms with van der Waals surface area (Å²) in [6, 6.07) is 3.72. The van der Waals surface area contributed by atoms with Gasteiger partial charge in [-0.05, 0) is 44.1 Å². The average Bonchev–Trinajstić information content (AvgIpc) is 3.25. The number of imidazole rings is 1. The highest BCUT2D eigenvalue weighted by Crippen LogP contribution is 2.34. The molecule has 1 aromatic heterocycles. The molecule has 0 bridgehead atoms. The van der Waals surface area contributed by atoms with Crippen molar-refractivity contribution in [2.24, 2.45) is 7.05 Å². The number of carbonyl (C=O) groups is 1. The fourth-order valence-electron chi connectivity index (χ4n) is 4.34. The van der Waals surface area contributed by atoms with Crippen molar-refractivity contribution in [1.82, 2.24) is 24.3 Å². The van der Waals surface area contributed by atoms with Crippen molar-refractivity contribution in [2.45, 2.75) is 35.8 Å².